The highest BCUT2D eigenvalue weighted by Crippen LogP contribution is 2.20. The summed E-state index contributed by atoms with van der Waals surface area (Å²) < 4.78 is 26.9. The Labute approximate surface area is 127 Å². The molecule has 7 heteroatoms. The van der Waals surface area contributed by atoms with Gasteiger partial charge in [0.1, 0.15) is 0 Å². The van der Waals surface area contributed by atoms with Gasteiger partial charge in [-0.2, -0.15) is 5.26 Å². The Kier molecular flexibility index (Phi) is 4.15. The van der Waals surface area contributed by atoms with Crippen LogP contribution in [0.3, 0.4) is 0 Å². The van der Waals surface area contributed by atoms with Crippen LogP contribution in [-0.2, 0) is 10.0 Å². The molecule has 2 aromatic carbocycles. The van der Waals surface area contributed by atoms with Gasteiger partial charge < -0.3 is 5.11 Å². The van der Waals surface area contributed by atoms with Crippen molar-refractivity contribution < 1.29 is 18.3 Å². The molecule has 0 heterocycles. The average Bonchev–Trinajstić information content (AvgIpc) is 2.46. The van der Waals surface area contributed by atoms with Crippen molar-refractivity contribution in [3.05, 3.63) is 59.2 Å². The Hall–Kier alpha value is -2.85. The fraction of sp³-hybridized carbons (Fsp3) is 0.0667. The Morgan fingerprint density at radius 3 is 2.59 bits per heavy atom. The van der Waals surface area contributed by atoms with Crippen molar-refractivity contribution in [1.29, 1.82) is 5.26 Å². The number of hydrogen-bond acceptors (Lipinski definition) is 4. The molecule has 0 saturated heterocycles. The van der Waals surface area contributed by atoms with Crippen LogP contribution < -0.4 is 4.72 Å². The van der Waals surface area contributed by atoms with E-state index in [4.69, 9.17) is 10.4 Å². The van der Waals surface area contributed by atoms with Crippen LogP contribution in [0.1, 0.15) is 21.5 Å². The zero-order valence-electron chi connectivity index (χ0n) is 11.6. The van der Waals surface area contributed by atoms with E-state index in [0.29, 0.717) is 11.1 Å². The topological polar surface area (TPSA) is 107 Å². The van der Waals surface area contributed by atoms with Crippen molar-refractivity contribution >= 4 is 21.7 Å². The summed E-state index contributed by atoms with van der Waals surface area (Å²) in [6, 6.07) is 11.8. The summed E-state index contributed by atoms with van der Waals surface area (Å²) in [5.41, 5.74) is 0.943. The number of aromatic carboxylic acids is 1. The molecular weight excluding hydrogens is 304 g/mol. The lowest BCUT2D eigenvalue weighted by molar-refractivity contribution is 0.0696. The minimum Gasteiger partial charge on any atom is -0.478 e. The van der Waals surface area contributed by atoms with Crippen LogP contribution in [0.15, 0.2) is 47.4 Å². The summed E-state index contributed by atoms with van der Waals surface area (Å²) in [5, 5.41) is 17.9. The Balaban J connectivity index is 2.41. The highest BCUT2D eigenvalue weighted by molar-refractivity contribution is 7.92. The number of anilines is 1. The second-order valence-electron chi connectivity index (χ2n) is 4.58. The zero-order valence-corrected chi connectivity index (χ0v) is 12.4. The van der Waals surface area contributed by atoms with Gasteiger partial charge in [-0.05, 0) is 42.8 Å². The lowest BCUT2D eigenvalue weighted by Gasteiger charge is -2.10. The number of rotatable bonds is 4. The third-order valence-corrected chi connectivity index (χ3v) is 4.37. The predicted molar refractivity (Wildman–Crippen MR) is 80.1 cm³/mol. The van der Waals surface area contributed by atoms with Crippen LogP contribution in [0.25, 0.3) is 0 Å². The molecule has 0 aliphatic rings. The Morgan fingerprint density at radius 2 is 1.95 bits per heavy atom. The lowest BCUT2D eigenvalue weighted by atomic mass is 10.1. The Bertz CT molecular complexity index is 883. The fourth-order valence-electron chi connectivity index (χ4n) is 1.86. The standard InChI is InChI=1S/C15H12N2O4S/c1-10-5-6-13(8-14(10)15(18)19)22(20,21)17-12-4-2-3-11(7-12)9-16/h2-8,17H,1H3,(H,18,19). The monoisotopic (exact) mass is 316 g/mol. The fourth-order valence-corrected chi connectivity index (χ4v) is 2.94. The van der Waals surface area contributed by atoms with Gasteiger partial charge in [0, 0.05) is 0 Å². The largest absolute Gasteiger partial charge is 0.478 e. The van der Waals surface area contributed by atoms with E-state index in [1.54, 1.807) is 19.1 Å². The number of sulfonamides is 1. The smallest absolute Gasteiger partial charge is 0.335 e. The van der Waals surface area contributed by atoms with Crippen molar-refractivity contribution in [1.82, 2.24) is 0 Å². The van der Waals surface area contributed by atoms with Crippen molar-refractivity contribution in [2.45, 2.75) is 11.8 Å². The molecule has 2 rings (SSSR count). The van der Waals surface area contributed by atoms with E-state index < -0.39 is 16.0 Å². The van der Waals surface area contributed by atoms with Crippen LogP contribution >= 0.6 is 0 Å². The van der Waals surface area contributed by atoms with E-state index in [1.165, 1.54) is 24.3 Å². The summed E-state index contributed by atoms with van der Waals surface area (Å²) in [6.07, 6.45) is 0. The molecule has 0 aromatic heterocycles. The van der Waals surface area contributed by atoms with Crippen molar-refractivity contribution in [2.24, 2.45) is 0 Å². The van der Waals surface area contributed by atoms with Crippen molar-refractivity contribution in [3.8, 4) is 6.07 Å². The van der Waals surface area contributed by atoms with Gasteiger partial charge in [-0.3, -0.25) is 4.72 Å². The van der Waals surface area contributed by atoms with Crippen molar-refractivity contribution in [2.75, 3.05) is 4.72 Å². The second kappa shape index (κ2) is 5.87. The first-order valence-corrected chi connectivity index (χ1v) is 7.69. The van der Waals surface area contributed by atoms with Crippen LogP contribution in [0.5, 0.6) is 0 Å². The number of nitriles is 1. The second-order valence-corrected chi connectivity index (χ2v) is 6.26. The molecule has 0 atom stereocenters. The maximum atomic E-state index is 12.3. The third-order valence-electron chi connectivity index (χ3n) is 2.99. The normalized spacial score (nSPS) is 10.7. The minimum absolute atomic E-state index is 0.0753. The zero-order chi connectivity index (χ0) is 16.3. The number of hydrogen-bond donors (Lipinski definition) is 2. The van der Waals surface area contributed by atoms with Crippen LogP contribution in [-0.4, -0.2) is 19.5 Å². The molecule has 22 heavy (non-hydrogen) atoms. The molecule has 0 unspecified atom stereocenters. The average molecular weight is 316 g/mol. The van der Waals surface area contributed by atoms with E-state index >= 15 is 0 Å². The van der Waals surface area contributed by atoms with Gasteiger partial charge in [0.2, 0.25) is 0 Å². The number of nitrogens with zero attached hydrogens (tertiary/aromatic N) is 1. The number of carbonyl (C=O) groups is 1. The molecule has 0 fully saturated rings. The molecule has 0 amide bonds. The van der Waals surface area contributed by atoms with Crippen LogP contribution in [0.4, 0.5) is 5.69 Å². The molecule has 112 valence electrons. The number of aryl methyl sites for hydroxylation is 1. The van der Waals surface area contributed by atoms with Gasteiger partial charge in [0.05, 0.1) is 27.8 Å². The predicted octanol–water partition coefficient (Wildman–Crippen LogP) is 2.37. The van der Waals surface area contributed by atoms with Gasteiger partial charge in [-0.1, -0.05) is 12.1 Å². The van der Waals surface area contributed by atoms with Gasteiger partial charge >= 0.3 is 5.97 Å². The molecule has 0 aliphatic carbocycles. The molecule has 0 radical (unpaired) electrons. The summed E-state index contributed by atoms with van der Waals surface area (Å²) >= 11 is 0. The number of benzene rings is 2. The highest BCUT2D eigenvalue weighted by atomic mass is 32.2. The summed E-state index contributed by atoms with van der Waals surface area (Å²) in [4.78, 5) is 10.9. The first kappa shape index (κ1) is 15.5. The molecule has 0 bridgehead atoms. The lowest BCUT2D eigenvalue weighted by Crippen LogP contribution is -2.14. The summed E-state index contributed by atoms with van der Waals surface area (Å²) in [6.45, 7) is 1.59. The quantitative estimate of drug-likeness (QED) is 0.900. The number of carboxylic acids is 1. The van der Waals surface area contributed by atoms with Gasteiger partial charge in [0.15, 0.2) is 0 Å². The molecule has 0 aliphatic heterocycles. The molecule has 6 nitrogen and oxygen atoms in total. The van der Waals surface area contributed by atoms with Crippen LogP contribution in [0, 0.1) is 18.3 Å². The number of nitrogens with one attached hydrogen (secondary N) is 1. The minimum atomic E-state index is -3.93. The third kappa shape index (κ3) is 3.24. The van der Waals surface area contributed by atoms with Gasteiger partial charge in [-0.15, -0.1) is 0 Å². The van der Waals surface area contributed by atoms with E-state index in [1.807, 2.05) is 6.07 Å². The number of carboxylic acid groups (broad SMARTS) is 1. The van der Waals surface area contributed by atoms with Crippen molar-refractivity contribution in [3.63, 3.8) is 0 Å². The SMILES string of the molecule is Cc1ccc(S(=O)(=O)Nc2cccc(C#N)c2)cc1C(=O)O. The maximum absolute atomic E-state index is 12.3. The summed E-state index contributed by atoms with van der Waals surface area (Å²) in [5.74, 6) is -1.19. The van der Waals surface area contributed by atoms with E-state index in [0.717, 1.165) is 6.07 Å². The molecule has 0 spiro atoms. The molecule has 0 saturated carbocycles. The van der Waals surface area contributed by atoms with Gasteiger partial charge in [0.25, 0.3) is 10.0 Å². The first-order chi connectivity index (χ1) is 10.3. The van der Waals surface area contributed by atoms with E-state index in [2.05, 4.69) is 4.72 Å². The first-order valence-electron chi connectivity index (χ1n) is 6.20. The van der Waals surface area contributed by atoms with Gasteiger partial charge in [-0.25, -0.2) is 13.2 Å². The van der Waals surface area contributed by atoms with E-state index in [9.17, 15) is 13.2 Å². The molecule has 2 aromatic rings. The molecule has 2 N–H and O–H groups in total. The summed E-state index contributed by atoms with van der Waals surface area (Å²) in [7, 11) is -3.93. The Morgan fingerprint density at radius 1 is 1.23 bits per heavy atom. The highest BCUT2D eigenvalue weighted by Gasteiger charge is 2.18. The van der Waals surface area contributed by atoms with Crippen LogP contribution in [0.2, 0.25) is 0 Å². The molecular formula is C15H12N2O4S. The maximum Gasteiger partial charge on any atom is 0.335 e. The van der Waals surface area contributed by atoms with E-state index in [-0.39, 0.29) is 16.1 Å².